The van der Waals surface area contributed by atoms with Gasteiger partial charge < -0.3 is 15.1 Å². The van der Waals surface area contributed by atoms with E-state index in [2.05, 4.69) is 41.3 Å². The molecule has 10 heteroatoms. The van der Waals surface area contributed by atoms with E-state index in [0.717, 1.165) is 13.0 Å². The Kier molecular flexibility index (Phi) is 7.55. The van der Waals surface area contributed by atoms with Crippen molar-refractivity contribution in [3.8, 4) is 11.1 Å². The van der Waals surface area contributed by atoms with Gasteiger partial charge in [0.15, 0.2) is 5.82 Å². The molecule has 1 aromatic carbocycles. The van der Waals surface area contributed by atoms with Gasteiger partial charge >= 0.3 is 0 Å². The molecule has 1 fully saturated rings. The Morgan fingerprint density at radius 1 is 1.11 bits per heavy atom. The first-order valence-electron chi connectivity index (χ1n) is 12.1. The maximum Gasteiger partial charge on any atom is 0.258 e. The van der Waals surface area contributed by atoms with Crippen LogP contribution < -0.4 is 10.2 Å². The first-order chi connectivity index (χ1) is 17.5. The third kappa shape index (κ3) is 5.77. The maximum absolute atomic E-state index is 15.2. The highest BCUT2D eigenvalue weighted by Gasteiger charge is 2.32. The second-order valence-electron chi connectivity index (χ2n) is 10.2. The van der Waals surface area contributed by atoms with Gasteiger partial charge in [-0.15, -0.1) is 9.24 Å². The Balaban J connectivity index is 1.81. The minimum atomic E-state index is -0.509. The molecule has 0 aliphatic carbocycles. The van der Waals surface area contributed by atoms with Crippen molar-refractivity contribution in [2.45, 2.75) is 38.3 Å². The number of rotatable bonds is 6. The predicted molar refractivity (Wildman–Crippen MR) is 147 cm³/mol. The molecule has 1 aliphatic heterocycles. The van der Waals surface area contributed by atoms with E-state index in [9.17, 15) is 9.59 Å². The van der Waals surface area contributed by atoms with Gasteiger partial charge in [0, 0.05) is 73.5 Å². The van der Waals surface area contributed by atoms with E-state index in [1.54, 1.807) is 26.4 Å². The summed E-state index contributed by atoms with van der Waals surface area (Å²) in [5.74, 6) is 0.123. The molecule has 8 nitrogen and oxygen atoms in total. The van der Waals surface area contributed by atoms with Crippen molar-refractivity contribution >= 4 is 32.6 Å². The molecule has 37 heavy (non-hydrogen) atoms. The van der Waals surface area contributed by atoms with E-state index in [-0.39, 0.29) is 28.1 Å². The predicted octanol–water partition coefficient (Wildman–Crippen LogP) is 4.60. The molecule has 3 heterocycles. The van der Waals surface area contributed by atoms with E-state index in [4.69, 9.17) is 0 Å². The summed E-state index contributed by atoms with van der Waals surface area (Å²) in [5.41, 5.74) is 1.62. The Morgan fingerprint density at radius 3 is 2.41 bits per heavy atom. The van der Waals surface area contributed by atoms with Crippen molar-refractivity contribution in [2.75, 3.05) is 37.4 Å². The molecule has 3 aromatic rings. The Labute approximate surface area is 218 Å². The molecule has 1 saturated heterocycles. The van der Waals surface area contributed by atoms with Crippen molar-refractivity contribution in [1.29, 1.82) is 0 Å². The number of nitrogens with zero attached hydrogens (tertiary/aromatic N) is 5. The lowest BCUT2D eigenvalue weighted by molar-refractivity contribution is 0.0827. The molecule has 0 spiro atoms. The average Bonchev–Trinajstić information content (AvgIpc) is 3.23. The summed E-state index contributed by atoms with van der Waals surface area (Å²) < 4.78 is 15.2. The van der Waals surface area contributed by atoms with Gasteiger partial charge in [0.1, 0.15) is 11.6 Å². The zero-order valence-electron chi connectivity index (χ0n) is 21.7. The van der Waals surface area contributed by atoms with E-state index in [0.29, 0.717) is 35.0 Å². The van der Waals surface area contributed by atoms with Gasteiger partial charge in [0.25, 0.3) is 11.8 Å². The molecule has 2 unspecified atom stereocenters. The van der Waals surface area contributed by atoms with Crippen LogP contribution in [0.25, 0.3) is 11.1 Å². The summed E-state index contributed by atoms with van der Waals surface area (Å²) in [6.07, 6.45) is 5.49. The molecule has 0 saturated carbocycles. The molecular weight excluding hydrogens is 490 g/mol. The van der Waals surface area contributed by atoms with E-state index < -0.39 is 11.7 Å². The second-order valence-corrected chi connectivity index (χ2v) is 11.6. The summed E-state index contributed by atoms with van der Waals surface area (Å²) in [6.45, 7) is 7.52. The van der Waals surface area contributed by atoms with Gasteiger partial charge in [-0.25, -0.2) is 19.3 Å². The molecular formula is C27H32FN6O2P. The fourth-order valence-corrected chi connectivity index (χ4v) is 4.61. The van der Waals surface area contributed by atoms with Crippen LogP contribution >= 0.6 is 9.24 Å². The van der Waals surface area contributed by atoms with Crippen molar-refractivity contribution in [2.24, 2.45) is 0 Å². The number of benzene rings is 1. The fraction of sp³-hybridized carbons (Fsp3) is 0.370. The standard InChI is InChI=1S/C27H32FN6O2P/c1-16(2)23-30-13-18(14-31-23)25(35)32-22-19(8-10-29-24(22)34-11-9-27(3,37)15-34)20-12-17(6-7-21(20)28)26(36)33(4)5/h6-8,10,12-14,16H,9,11,15,37H2,1-5H3,(H,32,35). The van der Waals surface area contributed by atoms with Gasteiger partial charge in [0.05, 0.1) is 11.3 Å². The summed E-state index contributed by atoms with van der Waals surface area (Å²) in [5, 5.41) is 2.94. The third-order valence-corrected chi connectivity index (χ3v) is 6.81. The van der Waals surface area contributed by atoms with Crippen LogP contribution in [-0.2, 0) is 0 Å². The number of carbonyl (C=O) groups excluding carboxylic acids is 2. The van der Waals surface area contributed by atoms with Crippen LogP contribution in [0.3, 0.4) is 0 Å². The van der Waals surface area contributed by atoms with Gasteiger partial charge in [-0.05, 0) is 30.7 Å². The number of hydrogen-bond donors (Lipinski definition) is 1. The Bertz CT molecular complexity index is 1330. The minimum Gasteiger partial charge on any atom is -0.354 e. The smallest absolute Gasteiger partial charge is 0.258 e. The number of carbonyl (C=O) groups is 2. The minimum absolute atomic E-state index is 0.0111. The molecule has 1 N–H and O–H groups in total. The highest BCUT2D eigenvalue weighted by molar-refractivity contribution is 7.19. The van der Waals surface area contributed by atoms with Crippen molar-refractivity contribution in [3.05, 3.63) is 65.6 Å². The molecule has 2 amide bonds. The summed E-state index contributed by atoms with van der Waals surface area (Å²) in [7, 11) is 6.16. The SMILES string of the molecule is CC(C)c1ncc(C(=O)Nc2c(-c3cc(C(=O)N(C)C)ccc3F)ccnc2N2CCC(C)(P)C2)cn1. The topological polar surface area (TPSA) is 91.3 Å². The lowest BCUT2D eigenvalue weighted by atomic mass is 10.0. The number of halogens is 1. The lowest BCUT2D eigenvalue weighted by Crippen LogP contribution is -2.27. The van der Waals surface area contributed by atoms with E-state index in [1.165, 1.54) is 35.5 Å². The van der Waals surface area contributed by atoms with Gasteiger partial charge in [-0.3, -0.25) is 9.59 Å². The number of aromatic nitrogens is 3. The zero-order chi connectivity index (χ0) is 26.9. The third-order valence-electron chi connectivity index (χ3n) is 6.33. The summed E-state index contributed by atoms with van der Waals surface area (Å²) >= 11 is 0. The first-order valence-corrected chi connectivity index (χ1v) is 12.7. The number of anilines is 2. The van der Waals surface area contributed by atoms with Crippen molar-refractivity contribution in [3.63, 3.8) is 0 Å². The number of amides is 2. The van der Waals surface area contributed by atoms with Crippen molar-refractivity contribution < 1.29 is 14.0 Å². The largest absolute Gasteiger partial charge is 0.354 e. The van der Waals surface area contributed by atoms with Crippen LogP contribution in [0.4, 0.5) is 15.9 Å². The number of pyridine rings is 1. The maximum atomic E-state index is 15.2. The molecule has 0 bridgehead atoms. The van der Waals surface area contributed by atoms with Crippen LogP contribution in [0.5, 0.6) is 0 Å². The number of hydrogen-bond acceptors (Lipinski definition) is 6. The highest BCUT2D eigenvalue weighted by Crippen LogP contribution is 2.40. The van der Waals surface area contributed by atoms with E-state index >= 15 is 4.39 Å². The van der Waals surface area contributed by atoms with Crippen LogP contribution in [-0.4, -0.2) is 64.0 Å². The monoisotopic (exact) mass is 522 g/mol. The van der Waals surface area contributed by atoms with Crippen LogP contribution in [0.15, 0.2) is 42.9 Å². The second kappa shape index (κ2) is 10.5. The molecule has 2 atom stereocenters. The lowest BCUT2D eigenvalue weighted by Gasteiger charge is -2.25. The normalized spacial score (nSPS) is 17.2. The molecule has 1 aliphatic rings. The molecule has 194 valence electrons. The molecule has 4 rings (SSSR count). The quantitative estimate of drug-likeness (QED) is 0.476. The van der Waals surface area contributed by atoms with Gasteiger partial charge in [0.2, 0.25) is 0 Å². The zero-order valence-corrected chi connectivity index (χ0v) is 22.9. The van der Waals surface area contributed by atoms with Crippen LogP contribution in [0.1, 0.15) is 59.7 Å². The van der Waals surface area contributed by atoms with Crippen LogP contribution in [0, 0.1) is 5.82 Å². The number of nitrogens with one attached hydrogen (secondary N) is 1. The summed E-state index contributed by atoms with van der Waals surface area (Å²) in [4.78, 5) is 42.6. The summed E-state index contributed by atoms with van der Waals surface area (Å²) in [6, 6.07) is 5.88. The molecule has 0 radical (unpaired) electrons. The highest BCUT2D eigenvalue weighted by atomic mass is 31.0. The van der Waals surface area contributed by atoms with Crippen LogP contribution in [0.2, 0.25) is 0 Å². The Morgan fingerprint density at radius 2 is 1.81 bits per heavy atom. The fourth-order valence-electron chi connectivity index (χ4n) is 4.27. The van der Waals surface area contributed by atoms with Crippen molar-refractivity contribution in [1.82, 2.24) is 19.9 Å². The molecule has 2 aromatic heterocycles. The van der Waals surface area contributed by atoms with Gasteiger partial charge in [-0.1, -0.05) is 20.8 Å². The van der Waals surface area contributed by atoms with E-state index in [1.807, 2.05) is 13.8 Å². The average molecular weight is 523 g/mol. The first kappa shape index (κ1) is 26.6. The Hall–Kier alpha value is -3.45. The van der Waals surface area contributed by atoms with Gasteiger partial charge in [-0.2, -0.15) is 0 Å².